The van der Waals surface area contributed by atoms with E-state index in [-0.39, 0.29) is 63.5 Å². The number of nitrogens with two attached hydrogens (primary N) is 1. The third-order valence-corrected chi connectivity index (χ3v) is 6.36. The van der Waals surface area contributed by atoms with Crippen molar-refractivity contribution >= 4 is 35.3 Å². The second-order valence-electron chi connectivity index (χ2n) is 9.97. The van der Waals surface area contributed by atoms with E-state index in [2.05, 4.69) is 32.4 Å². The topological polar surface area (TPSA) is 147 Å². The van der Waals surface area contributed by atoms with E-state index in [0.717, 1.165) is 44.5 Å². The van der Waals surface area contributed by atoms with Gasteiger partial charge in [-0.3, -0.25) is 4.79 Å². The number of amides is 1. The van der Waals surface area contributed by atoms with E-state index in [9.17, 15) is 4.79 Å². The number of likely N-dealkylation sites (N-methyl/N-ethyl adjacent to an activating group) is 1. The predicted molar refractivity (Wildman–Crippen MR) is 166 cm³/mol. The van der Waals surface area contributed by atoms with Crippen LogP contribution in [0.1, 0.15) is 43.2 Å². The molecule has 5 N–H and O–H groups in total. The van der Waals surface area contributed by atoms with Crippen LogP contribution in [0.5, 0.6) is 0 Å². The van der Waals surface area contributed by atoms with Gasteiger partial charge >= 0.3 is 51.4 Å². The summed E-state index contributed by atoms with van der Waals surface area (Å²) in [5.41, 5.74) is 8.49. The van der Waals surface area contributed by atoms with Crippen molar-refractivity contribution in [1.29, 1.82) is 5.41 Å². The maximum Gasteiger partial charge on any atom is 1.00 e. The Hall–Kier alpha value is -2.34. The zero-order valence-electron chi connectivity index (χ0n) is 25.3. The molecule has 1 fully saturated rings. The first-order valence-electron chi connectivity index (χ1n) is 14.0. The fraction of sp³-hybridized carbons (Fsp3) is 0.467. The van der Waals surface area contributed by atoms with Crippen LogP contribution in [0.2, 0.25) is 0 Å². The average molecular weight is 600 g/mol. The summed E-state index contributed by atoms with van der Waals surface area (Å²) in [6.07, 6.45) is 10.6. The van der Waals surface area contributed by atoms with Crippen LogP contribution in [-0.2, 0) is 9.53 Å². The Labute approximate surface area is 292 Å². The molecule has 12 heteroatoms. The van der Waals surface area contributed by atoms with Crippen molar-refractivity contribution in [2.75, 3.05) is 70.4 Å². The number of hydrogen-bond donors (Lipinski definition) is 4. The van der Waals surface area contributed by atoms with Crippen molar-refractivity contribution in [1.82, 2.24) is 19.8 Å². The molecule has 0 spiro atoms. The van der Waals surface area contributed by atoms with E-state index >= 15 is 0 Å². The first-order chi connectivity index (χ1) is 19.9. The van der Waals surface area contributed by atoms with Crippen LogP contribution in [0.15, 0.2) is 36.5 Å². The van der Waals surface area contributed by atoms with Gasteiger partial charge in [-0.05, 0) is 45.1 Å². The van der Waals surface area contributed by atoms with E-state index in [0.29, 0.717) is 54.7 Å². The minimum Gasteiger partial charge on any atom is -0.642 e. The normalized spacial score (nSPS) is 14.4. The van der Waals surface area contributed by atoms with Crippen LogP contribution in [0.4, 0.5) is 23.1 Å². The summed E-state index contributed by atoms with van der Waals surface area (Å²) in [4.78, 5) is 25.5. The van der Waals surface area contributed by atoms with E-state index < -0.39 is 0 Å². The minimum atomic E-state index is -0.0491. The van der Waals surface area contributed by atoms with Gasteiger partial charge in [-0.1, -0.05) is 36.9 Å². The molecular formula is C30H42KN9O2. The van der Waals surface area contributed by atoms with Gasteiger partial charge in [-0.15, -0.1) is 6.54 Å². The molecule has 1 aromatic heterocycles. The van der Waals surface area contributed by atoms with Gasteiger partial charge < -0.3 is 41.6 Å². The van der Waals surface area contributed by atoms with Crippen molar-refractivity contribution in [3.63, 3.8) is 0 Å². The average Bonchev–Trinajstić information content (AvgIpc) is 3.43. The molecule has 0 unspecified atom stereocenters. The largest absolute Gasteiger partial charge is 1.00 e. The number of rotatable bonds is 15. The molecule has 1 aliphatic heterocycles. The molecule has 1 atom stereocenters. The molecule has 2 heterocycles. The summed E-state index contributed by atoms with van der Waals surface area (Å²) in [7, 11) is 5.63. The third kappa shape index (κ3) is 12.1. The van der Waals surface area contributed by atoms with Gasteiger partial charge in [0.15, 0.2) is 0 Å². The van der Waals surface area contributed by atoms with Crippen LogP contribution >= 0.6 is 0 Å². The fourth-order valence-corrected chi connectivity index (χ4v) is 4.22. The van der Waals surface area contributed by atoms with Crippen molar-refractivity contribution in [3.05, 3.63) is 53.0 Å². The number of likely N-dealkylation sites (tertiary alicyclic amines) is 1. The van der Waals surface area contributed by atoms with Crippen LogP contribution in [0.25, 0.3) is 5.32 Å². The summed E-state index contributed by atoms with van der Waals surface area (Å²) in [6, 6.07) is 5.34. The van der Waals surface area contributed by atoms with Crippen molar-refractivity contribution in [2.24, 2.45) is 0 Å². The van der Waals surface area contributed by atoms with E-state index in [1.807, 2.05) is 36.0 Å². The van der Waals surface area contributed by atoms with Crippen LogP contribution in [0.3, 0.4) is 0 Å². The Morgan fingerprint density at radius 2 is 2.19 bits per heavy atom. The Kier molecular flexibility index (Phi) is 16.9. The Balaban J connectivity index is 0.00000616. The van der Waals surface area contributed by atoms with Crippen LogP contribution < -0.4 is 67.8 Å². The number of carbonyl (C=O) groups excluding carboxylic acids is 1. The molecule has 3 rings (SSSR count). The monoisotopic (exact) mass is 599 g/mol. The molecule has 1 amide bonds. The van der Waals surface area contributed by atoms with Gasteiger partial charge in [0.25, 0.3) is 0 Å². The van der Waals surface area contributed by atoms with E-state index in [1.165, 1.54) is 6.21 Å². The number of ether oxygens (including phenoxy) is 1. The molecule has 1 saturated heterocycles. The Morgan fingerprint density at radius 1 is 1.36 bits per heavy atom. The number of unbranched alkanes of at least 4 members (excludes halogenated alkanes) is 1. The number of hydrogen-bond acceptors (Lipinski definition) is 9. The number of nitrogens with one attached hydrogen (secondary N) is 3. The third-order valence-electron chi connectivity index (χ3n) is 6.36. The molecule has 1 aliphatic rings. The van der Waals surface area contributed by atoms with Gasteiger partial charge in [0.05, 0.1) is 11.8 Å². The molecule has 0 saturated carbocycles. The number of aromatic nitrogens is 2. The Bertz CT molecular complexity index is 1240. The molecule has 0 bridgehead atoms. The number of nitrogens with zero attached hydrogens (tertiary/aromatic N) is 5. The molecule has 2 aromatic rings. The summed E-state index contributed by atoms with van der Waals surface area (Å²) >= 11 is 0. The van der Waals surface area contributed by atoms with Crippen molar-refractivity contribution < 1.29 is 60.9 Å². The van der Waals surface area contributed by atoms with Gasteiger partial charge in [-0.2, -0.15) is 4.98 Å². The minimum absolute atomic E-state index is 0. The van der Waals surface area contributed by atoms with E-state index in [1.54, 1.807) is 31.5 Å². The summed E-state index contributed by atoms with van der Waals surface area (Å²) in [5.74, 6) is 7.51. The zero-order valence-corrected chi connectivity index (χ0v) is 28.4. The smallest absolute Gasteiger partial charge is 0.642 e. The molecule has 0 radical (unpaired) electrons. The second-order valence-corrected chi connectivity index (χ2v) is 9.97. The first-order valence-corrected chi connectivity index (χ1v) is 14.0. The zero-order chi connectivity index (χ0) is 29.5. The molecule has 1 aromatic carbocycles. The summed E-state index contributed by atoms with van der Waals surface area (Å²) in [5, 5.41) is 18.8. The predicted octanol–water partition coefficient (Wildman–Crippen LogP) is 0.824. The Morgan fingerprint density at radius 3 is 2.95 bits per heavy atom. The summed E-state index contributed by atoms with van der Waals surface area (Å²) < 4.78 is 5.15. The maximum atomic E-state index is 12.5. The van der Waals surface area contributed by atoms with Crippen molar-refractivity contribution in [2.45, 2.75) is 38.3 Å². The molecule has 11 nitrogen and oxygen atoms in total. The number of methoxy groups -OCH3 is 1. The molecule has 0 aliphatic carbocycles. The number of carbonyl (C=O) groups is 1. The number of benzene rings is 1. The first kappa shape index (κ1) is 35.9. The quantitative estimate of drug-likeness (QED) is 0.0588. The van der Waals surface area contributed by atoms with Gasteiger partial charge in [-0.25, -0.2) is 4.98 Å². The standard InChI is InChI=1S/C30H42N9O2.K/c1-38(2)17-8-12-28(40)39-18-7-11-27(39)33-15-6-4-5-10-23-22-35-30(37-29(23)34-16-9-19-41-3)36-25-13-14-26(32)24(20-25)21-31;/h8,12-14,20-22,27,31H,4,6-7,9,11,15-19,32H2,1-3H3,(H2,34,35,36,37);/q-1;+1/b12-8+,31-21?;/t27-;/m0./s1. The van der Waals surface area contributed by atoms with Crippen LogP contribution in [-0.4, -0.2) is 92.0 Å². The van der Waals surface area contributed by atoms with Gasteiger partial charge in [0.1, 0.15) is 5.82 Å². The second kappa shape index (κ2) is 19.8. The SMILES string of the molecule is COCCCNc1nc(Nc2ccc(N)c(C=N)c2)ncc1C#CCCC[N-][C@@H]1CCCN1C(=O)/C=C/CN(C)C.[K+]. The molecule has 42 heavy (non-hydrogen) atoms. The van der Waals surface area contributed by atoms with Crippen LogP contribution in [0, 0.1) is 17.3 Å². The summed E-state index contributed by atoms with van der Waals surface area (Å²) in [6.45, 7) is 3.47. The maximum absolute atomic E-state index is 12.5. The molecular weight excluding hydrogens is 557 g/mol. The van der Waals surface area contributed by atoms with Gasteiger partial charge in [0, 0.05) is 69.0 Å². The van der Waals surface area contributed by atoms with Gasteiger partial charge in [0.2, 0.25) is 11.9 Å². The fourth-order valence-electron chi connectivity index (χ4n) is 4.22. The van der Waals surface area contributed by atoms with E-state index in [4.69, 9.17) is 21.2 Å². The number of nitrogen functional groups attached to an aromatic ring is 1. The number of anilines is 4. The molecule has 220 valence electrons. The van der Waals surface area contributed by atoms with Crippen molar-refractivity contribution in [3.8, 4) is 11.8 Å².